The smallest absolute Gasteiger partial charge is 0.319 e. The molecule has 3 N–H and O–H groups in total. The lowest BCUT2D eigenvalue weighted by Crippen LogP contribution is -2.50. The number of para-hydroxylation sites is 1. The summed E-state index contributed by atoms with van der Waals surface area (Å²) >= 11 is 0.371. The molecule has 0 aliphatic carbocycles. The molecule has 0 aromatic heterocycles. The van der Waals surface area contributed by atoms with Gasteiger partial charge in [-0.15, -0.1) is 0 Å². The Morgan fingerprint density at radius 1 is 1.45 bits per heavy atom. The Labute approximate surface area is 120 Å². The molecular weight excluding hydrogens is 286 g/mol. The van der Waals surface area contributed by atoms with Crippen LogP contribution in [0.4, 0.5) is 19.3 Å². The van der Waals surface area contributed by atoms with Gasteiger partial charge in [-0.3, -0.25) is 0 Å². The highest BCUT2D eigenvalue weighted by Gasteiger charge is 2.23. The summed E-state index contributed by atoms with van der Waals surface area (Å²) in [6, 6.07) is 5.79. The van der Waals surface area contributed by atoms with E-state index in [0.29, 0.717) is 28.8 Å². The zero-order chi connectivity index (χ0) is 15.2. The molecule has 1 rings (SSSR count). The maximum absolute atomic E-state index is 12.4. The number of benzene rings is 1. The number of halogens is 2. The van der Waals surface area contributed by atoms with Crippen molar-refractivity contribution in [3.05, 3.63) is 24.3 Å². The Kier molecular flexibility index (Phi) is 6.22. The van der Waals surface area contributed by atoms with E-state index >= 15 is 0 Å². The van der Waals surface area contributed by atoms with Crippen molar-refractivity contribution < 1.29 is 18.7 Å². The minimum Gasteiger partial charge on any atom is -0.394 e. The Hall–Kier alpha value is -1.34. The summed E-state index contributed by atoms with van der Waals surface area (Å²) in [7, 11) is 0. The van der Waals surface area contributed by atoms with Crippen LogP contribution in [-0.2, 0) is 0 Å². The Morgan fingerprint density at radius 2 is 2.10 bits per heavy atom. The van der Waals surface area contributed by atoms with Gasteiger partial charge in [-0.2, -0.15) is 8.78 Å². The molecule has 4 nitrogen and oxygen atoms in total. The number of nitrogens with one attached hydrogen (secondary N) is 2. The van der Waals surface area contributed by atoms with E-state index in [9.17, 15) is 18.7 Å². The summed E-state index contributed by atoms with van der Waals surface area (Å²) in [4.78, 5) is 12.1. The lowest BCUT2D eigenvalue weighted by atomic mass is 10.0. The molecule has 2 amide bonds. The van der Waals surface area contributed by atoms with Crippen LogP contribution < -0.4 is 10.6 Å². The number of alkyl halides is 2. The van der Waals surface area contributed by atoms with Gasteiger partial charge in [0.05, 0.1) is 17.8 Å². The highest BCUT2D eigenvalue weighted by atomic mass is 32.2. The van der Waals surface area contributed by atoms with Gasteiger partial charge in [-0.1, -0.05) is 30.8 Å². The van der Waals surface area contributed by atoms with E-state index in [0.717, 1.165) is 0 Å². The van der Waals surface area contributed by atoms with Crippen LogP contribution in [0.2, 0.25) is 0 Å². The van der Waals surface area contributed by atoms with E-state index in [2.05, 4.69) is 10.6 Å². The van der Waals surface area contributed by atoms with Crippen LogP contribution in [0.3, 0.4) is 0 Å². The molecule has 0 saturated carbocycles. The molecule has 112 valence electrons. The number of aliphatic hydroxyl groups excluding tert-OH is 1. The van der Waals surface area contributed by atoms with Gasteiger partial charge in [0.25, 0.3) is 5.76 Å². The molecule has 0 spiro atoms. The van der Waals surface area contributed by atoms with Crippen molar-refractivity contribution >= 4 is 23.5 Å². The van der Waals surface area contributed by atoms with Crippen LogP contribution in [0.25, 0.3) is 0 Å². The number of carbonyl (C=O) groups excluding carboxylic acids is 1. The third-order valence-corrected chi connectivity index (χ3v) is 3.68. The van der Waals surface area contributed by atoms with Gasteiger partial charge in [0.2, 0.25) is 0 Å². The van der Waals surface area contributed by atoms with Gasteiger partial charge >= 0.3 is 6.03 Å². The normalized spacial score (nSPS) is 13.9. The fourth-order valence-corrected chi connectivity index (χ4v) is 2.03. The number of aliphatic hydroxyl groups is 1. The van der Waals surface area contributed by atoms with Crippen LogP contribution in [-0.4, -0.2) is 29.0 Å². The second-order valence-electron chi connectivity index (χ2n) is 4.53. The second kappa shape index (κ2) is 7.44. The quantitative estimate of drug-likeness (QED) is 0.707. The summed E-state index contributed by atoms with van der Waals surface area (Å²) in [6.07, 6.45) is 0.546. The van der Waals surface area contributed by atoms with Crippen LogP contribution in [0.1, 0.15) is 20.3 Å². The van der Waals surface area contributed by atoms with E-state index in [-0.39, 0.29) is 6.61 Å². The molecule has 0 radical (unpaired) electrons. The molecule has 20 heavy (non-hydrogen) atoms. The minimum absolute atomic E-state index is 0.204. The average Bonchev–Trinajstić information content (AvgIpc) is 2.40. The molecule has 1 unspecified atom stereocenters. The summed E-state index contributed by atoms with van der Waals surface area (Å²) in [5, 5.41) is 14.4. The Balaban J connectivity index is 2.75. The summed E-state index contributed by atoms with van der Waals surface area (Å²) in [5.41, 5.74) is -0.429. The number of hydrogen-bond donors (Lipinski definition) is 3. The lowest BCUT2D eigenvalue weighted by molar-refractivity contribution is 0.172. The third-order valence-electron chi connectivity index (χ3n) is 2.90. The second-order valence-corrected chi connectivity index (χ2v) is 5.56. The maximum Gasteiger partial charge on any atom is 0.319 e. The first-order chi connectivity index (χ1) is 9.40. The van der Waals surface area contributed by atoms with Crippen molar-refractivity contribution in [2.24, 2.45) is 0 Å². The fourth-order valence-electron chi connectivity index (χ4n) is 1.44. The molecule has 1 atom stereocenters. The van der Waals surface area contributed by atoms with Gasteiger partial charge < -0.3 is 15.7 Å². The number of urea groups is 1. The van der Waals surface area contributed by atoms with E-state index in [1.165, 1.54) is 6.07 Å². The van der Waals surface area contributed by atoms with E-state index in [1.807, 2.05) is 6.92 Å². The summed E-state index contributed by atoms with van der Waals surface area (Å²) in [5.74, 6) is -2.56. The van der Waals surface area contributed by atoms with Crippen molar-refractivity contribution in [3.63, 3.8) is 0 Å². The molecule has 0 aliphatic rings. The monoisotopic (exact) mass is 304 g/mol. The van der Waals surface area contributed by atoms with Crippen LogP contribution in [0.15, 0.2) is 29.2 Å². The predicted molar refractivity (Wildman–Crippen MR) is 76.2 cm³/mol. The Bertz CT molecular complexity index is 454. The lowest BCUT2D eigenvalue weighted by Gasteiger charge is -2.27. The van der Waals surface area contributed by atoms with Crippen molar-refractivity contribution in [2.75, 3.05) is 11.9 Å². The van der Waals surface area contributed by atoms with Gasteiger partial charge in [-0.25, -0.2) is 4.79 Å². The first kappa shape index (κ1) is 16.7. The van der Waals surface area contributed by atoms with E-state index < -0.39 is 17.3 Å². The zero-order valence-electron chi connectivity index (χ0n) is 11.3. The van der Waals surface area contributed by atoms with Crippen molar-refractivity contribution in [1.82, 2.24) is 5.32 Å². The molecular formula is C13H18F2N2O2S. The fraction of sp³-hybridized carbons (Fsp3) is 0.462. The SMILES string of the molecule is CCC(C)(CO)NC(=O)Nc1ccccc1SC(F)F. The molecule has 0 bridgehead atoms. The van der Waals surface area contributed by atoms with Gasteiger partial charge in [-0.05, 0) is 25.5 Å². The van der Waals surface area contributed by atoms with Crippen molar-refractivity contribution in [1.29, 1.82) is 0 Å². The standard InChI is InChI=1S/C13H18F2N2O2S/c1-3-13(2,8-18)17-12(19)16-9-6-4-5-7-10(9)20-11(14)15/h4-7,11,18H,3,8H2,1-2H3,(H2,16,17,19). The van der Waals surface area contributed by atoms with Gasteiger partial charge in [0.15, 0.2) is 0 Å². The average molecular weight is 304 g/mol. The minimum atomic E-state index is -2.56. The van der Waals surface area contributed by atoms with Crippen molar-refractivity contribution in [3.8, 4) is 0 Å². The molecule has 0 aliphatic heterocycles. The van der Waals surface area contributed by atoms with Gasteiger partial charge in [0, 0.05) is 4.90 Å². The first-order valence-corrected chi connectivity index (χ1v) is 7.02. The van der Waals surface area contributed by atoms with E-state index in [1.54, 1.807) is 25.1 Å². The van der Waals surface area contributed by atoms with Crippen LogP contribution in [0.5, 0.6) is 0 Å². The third kappa shape index (κ3) is 4.97. The maximum atomic E-state index is 12.4. The number of amides is 2. The Morgan fingerprint density at radius 3 is 2.65 bits per heavy atom. The number of carbonyl (C=O) groups is 1. The summed E-state index contributed by atoms with van der Waals surface area (Å²) < 4.78 is 24.8. The van der Waals surface area contributed by atoms with Crippen LogP contribution >= 0.6 is 11.8 Å². The zero-order valence-corrected chi connectivity index (χ0v) is 12.1. The number of rotatable bonds is 6. The molecule has 0 saturated heterocycles. The van der Waals surface area contributed by atoms with Crippen LogP contribution in [0, 0.1) is 0 Å². The molecule has 0 fully saturated rings. The topological polar surface area (TPSA) is 61.4 Å². The molecule has 0 heterocycles. The molecule has 1 aromatic carbocycles. The summed E-state index contributed by atoms with van der Waals surface area (Å²) in [6.45, 7) is 3.33. The molecule has 7 heteroatoms. The predicted octanol–water partition coefficient (Wildman–Crippen LogP) is 3.28. The van der Waals surface area contributed by atoms with Gasteiger partial charge in [0.1, 0.15) is 0 Å². The number of anilines is 1. The number of hydrogen-bond acceptors (Lipinski definition) is 3. The first-order valence-electron chi connectivity index (χ1n) is 6.14. The highest BCUT2D eigenvalue weighted by molar-refractivity contribution is 7.99. The number of thioether (sulfide) groups is 1. The molecule has 1 aromatic rings. The van der Waals surface area contributed by atoms with Crippen molar-refractivity contribution in [2.45, 2.75) is 36.5 Å². The van der Waals surface area contributed by atoms with E-state index in [4.69, 9.17) is 0 Å². The largest absolute Gasteiger partial charge is 0.394 e. The highest BCUT2D eigenvalue weighted by Crippen LogP contribution is 2.31.